The van der Waals surface area contributed by atoms with E-state index in [1.54, 1.807) is 0 Å². The van der Waals surface area contributed by atoms with Crippen molar-refractivity contribution in [3.8, 4) is 0 Å². The van der Waals surface area contributed by atoms with E-state index in [0.29, 0.717) is 0 Å². The fourth-order valence-corrected chi connectivity index (χ4v) is 0. The van der Waals surface area contributed by atoms with Gasteiger partial charge in [0.2, 0.25) is 0 Å². The molecule has 2 nitrogen and oxygen atoms in total. The third kappa shape index (κ3) is 55.0. The van der Waals surface area contributed by atoms with E-state index in [0.717, 1.165) is 6.08 Å². The normalized spacial score (nSPS) is 7.56. The number of rotatable bonds is 1. The number of halogens is 3. The Kier molecular flexibility index (Phi) is 11.8. The fraction of sp³-hybridized carbons (Fsp3) is 0. The maximum absolute atomic E-state index is 9.25. The van der Waals surface area contributed by atoms with Gasteiger partial charge in [0, 0.05) is 6.08 Å². The van der Waals surface area contributed by atoms with Crippen molar-refractivity contribution in [2.45, 2.75) is 0 Å². The molecular formula is C3H4Cl3GeO2. The van der Waals surface area contributed by atoms with Crippen LogP contribution in [-0.4, -0.2) is 22.6 Å². The maximum atomic E-state index is 9.25. The summed E-state index contributed by atoms with van der Waals surface area (Å²) in [6.07, 6.45) is 0.833. The third-order valence-corrected chi connectivity index (χ3v) is 0.175. The molecule has 6 heteroatoms. The van der Waals surface area contributed by atoms with Gasteiger partial charge in [-0.05, 0) is 0 Å². The summed E-state index contributed by atoms with van der Waals surface area (Å²) < 4.78 is 0. The van der Waals surface area contributed by atoms with Crippen molar-refractivity contribution in [2.24, 2.45) is 0 Å². The second kappa shape index (κ2) is 8.62. The number of hydrogen-bond donors (Lipinski definition) is 1. The van der Waals surface area contributed by atoms with Crippen LogP contribution >= 0.6 is 30.0 Å². The zero-order valence-electron chi connectivity index (χ0n) is 4.27. The standard InChI is InChI=1S/C3H4O2.Cl3Ge/c1-2-3(4)5;1-4(2)3/h2H,1H2,(H,4,5);. The number of carboxylic acid groups (broad SMARTS) is 1. The Morgan fingerprint density at radius 2 is 1.67 bits per heavy atom. The van der Waals surface area contributed by atoms with E-state index in [2.05, 4.69) is 6.58 Å². The van der Waals surface area contributed by atoms with Crippen LogP contribution in [0.25, 0.3) is 0 Å². The van der Waals surface area contributed by atoms with Crippen LogP contribution in [0.3, 0.4) is 0 Å². The van der Waals surface area contributed by atoms with Crippen molar-refractivity contribution in [1.29, 1.82) is 0 Å². The third-order valence-electron chi connectivity index (χ3n) is 0.175. The van der Waals surface area contributed by atoms with Crippen LogP contribution in [0.2, 0.25) is 0 Å². The van der Waals surface area contributed by atoms with E-state index < -0.39 is 17.5 Å². The fourth-order valence-electron chi connectivity index (χ4n) is 0. The van der Waals surface area contributed by atoms with E-state index in [-0.39, 0.29) is 0 Å². The summed E-state index contributed by atoms with van der Waals surface area (Å²) in [6.45, 7) is 2.96. The van der Waals surface area contributed by atoms with Gasteiger partial charge in [-0.2, -0.15) is 0 Å². The molecule has 0 unspecified atom stereocenters. The number of aliphatic carboxylic acids is 1. The van der Waals surface area contributed by atoms with Gasteiger partial charge in [0.15, 0.2) is 0 Å². The quantitative estimate of drug-likeness (QED) is 0.571. The molecule has 0 spiro atoms. The van der Waals surface area contributed by atoms with Gasteiger partial charge >= 0.3 is 47.6 Å². The van der Waals surface area contributed by atoms with Crippen LogP contribution in [0.1, 0.15) is 0 Å². The molecule has 0 saturated heterocycles. The first-order chi connectivity index (χ1) is 4.00. The molecule has 0 rings (SSSR count). The van der Waals surface area contributed by atoms with Gasteiger partial charge in [0.1, 0.15) is 0 Å². The molecule has 1 N–H and O–H groups in total. The van der Waals surface area contributed by atoms with Gasteiger partial charge in [-0.25, -0.2) is 4.79 Å². The van der Waals surface area contributed by atoms with Crippen LogP contribution < -0.4 is 0 Å². The second-order valence-electron chi connectivity index (χ2n) is 0.757. The Morgan fingerprint density at radius 3 is 1.67 bits per heavy atom. The zero-order chi connectivity index (χ0) is 7.86. The Labute approximate surface area is 70.1 Å². The molecule has 0 heterocycles. The second-order valence-corrected chi connectivity index (χ2v) is 10.6. The van der Waals surface area contributed by atoms with Crippen molar-refractivity contribution < 1.29 is 9.90 Å². The molecule has 1 radical (unpaired) electrons. The number of hydrogen-bond acceptors (Lipinski definition) is 1. The molecule has 0 aliphatic heterocycles. The predicted molar refractivity (Wildman–Crippen MR) is 41.1 cm³/mol. The first-order valence-electron chi connectivity index (χ1n) is 1.69. The van der Waals surface area contributed by atoms with Crippen LogP contribution in [-0.2, 0) is 4.79 Å². The predicted octanol–water partition coefficient (Wildman–Crippen LogP) is 1.94. The zero-order valence-corrected chi connectivity index (χ0v) is 8.64. The summed E-state index contributed by atoms with van der Waals surface area (Å²) in [5.41, 5.74) is 0. The van der Waals surface area contributed by atoms with Gasteiger partial charge in [0.05, 0.1) is 0 Å². The topological polar surface area (TPSA) is 37.3 Å². The summed E-state index contributed by atoms with van der Waals surface area (Å²) in [7, 11) is 14.9. The Bertz CT molecular complexity index is 92.3. The molecule has 0 aromatic rings. The van der Waals surface area contributed by atoms with Crippen LogP contribution in [0.5, 0.6) is 0 Å². The number of carbonyl (C=O) groups is 1. The van der Waals surface area contributed by atoms with Crippen molar-refractivity contribution >= 4 is 47.6 Å². The van der Waals surface area contributed by atoms with Crippen molar-refractivity contribution in [2.75, 3.05) is 0 Å². The van der Waals surface area contributed by atoms with Gasteiger partial charge in [-0.1, -0.05) is 6.58 Å². The van der Waals surface area contributed by atoms with Gasteiger partial charge in [0.25, 0.3) is 0 Å². The molecule has 0 bridgehead atoms. The number of carboxylic acids is 1. The summed E-state index contributed by atoms with van der Waals surface area (Å²) in [5, 5.41) is 7.60. The minimum atomic E-state index is -1.92. The van der Waals surface area contributed by atoms with Gasteiger partial charge < -0.3 is 5.11 Å². The molecule has 0 aromatic heterocycles. The Balaban J connectivity index is 0. The van der Waals surface area contributed by atoms with E-state index in [4.69, 9.17) is 35.1 Å². The van der Waals surface area contributed by atoms with E-state index >= 15 is 0 Å². The molecule has 0 fully saturated rings. The SMILES string of the molecule is C=CC(=O)O.[Cl][Ge]([Cl])[Cl]. The minimum absolute atomic E-state index is 0.833. The van der Waals surface area contributed by atoms with Crippen molar-refractivity contribution in [3.63, 3.8) is 0 Å². The monoisotopic (exact) mass is 251 g/mol. The van der Waals surface area contributed by atoms with E-state index in [1.807, 2.05) is 0 Å². The molecule has 0 saturated carbocycles. The van der Waals surface area contributed by atoms with Gasteiger partial charge in [-0.15, -0.1) is 0 Å². The van der Waals surface area contributed by atoms with Crippen LogP contribution in [0, 0.1) is 0 Å². The molecule has 0 aliphatic rings. The van der Waals surface area contributed by atoms with Crippen LogP contribution in [0.4, 0.5) is 0 Å². The Morgan fingerprint density at radius 1 is 1.56 bits per heavy atom. The van der Waals surface area contributed by atoms with E-state index in [9.17, 15) is 4.79 Å². The molecule has 0 amide bonds. The summed E-state index contributed by atoms with van der Waals surface area (Å²) in [6, 6.07) is 0. The molecule has 0 atom stereocenters. The Hall–Kier alpha value is 0.623. The summed E-state index contributed by atoms with van der Waals surface area (Å²) in [4.78, 5) is 9.25. The van der Waals surface area contributed by atoms with Crippen molar-refractivity contribution in [1.82, 2.24) is 0 Å². The molecule has 9 heavy (non-hydrogen) atoms. The summed E-state index contributed by atoms with van der Waals surface area (Å²) in [5.74, 6) is -0.981. The summed E-state index contributed by atoms with van der Waals surface area (Å²) >= 11 is -1.92. The molecule has 53 valence electrons. The van der Waals surface area contributed by atoms with Crippen molar-refractivity contribution in [3.05, 3.63) is 12.7 Å². The van der Waals surface area contributed by atoms with E-state index in [1.165, 1.54) is 0 Å². The molecular weight excluding hydrogens is 247 g/mol. The molecule has 0 aliphatic carbocycles. The molecule has 0 aromatic carbocycles. The first-order valence-corrected chi connectivity index (χ1v) is 9.96. The van der Waals surface area contributed by atoms with Crippen LogP contribution in [0.15, 0.2) is 12.7 Å². The first kappa shape index (κ1) is 12.3. The average molecular weight is 251 g/mol. The average Bonchev–Trinajstić information content (AvgIpc) is 1.65. The van der Waals surface area contributed by atoms with Gasteiger partial charge in [-0.3, -0.25) is 0 Å².